The molecule has 0 saturated heterocycles. The van der Waals surface area contributed by atoms with Crippen molar-refractivity contribution in [2.75, 3.05) is 26.0 Å². The molecule has 0 atom stereocenters. The number of nitrogens with zero attached hydrogens (tertiary/aromatic N) is 5. The van der Waals surface area contributed by atoms with Crippen LogP contribution in [-0.4, -0.2) is 45.0 Å². The second-order valence-electron chi connectivity index (χ2n) is 9.48. The zero-order valence-corrected chi connectivity index (χ0v) is 20.8. The molecule has 0 amide bonds. The van der Waals surface area contributed by atoms with Crippen molar-refractivity contribution in [2.24, 2.45) is 0 Å². The summed E-state index contributed by atoms with van der Waals surface area (Å²) in [4.78, 5) is 16.3. The van der Waals surface area contributed by atoms with Crippen LogP contribution in [0, 0.1) is 5.82 Å². The van der Waals surface area contributed by atoms with E-state index in [9.17, 15) is 4.39 Å². The lowest BCUT2D eigenvalue weighted by Gasteiger charge is -2.11. The van der Waals surface area contributed by atoms with E-state index in [4.69, 9.17) is 14.7 Å². The highest BCUT2D eigenvalue weighted by molar-refractivity contribution is 5.80. The minimum absolute atomic E-state index is 0.283. The Labute approximate surface area is 214 Å². The molecule has 6 rings (SSSR count). The predicted molar refractivity (Wildman–Crippen MR) is 142 cm³/mol. The number of benzene rings is 2. The van der Waals surface area contributed by atoms with Crippen LogP contribution in [-0.2, 0) is 19.5 Å². The fourth-order valence-electron chi connectivity index (χ4n) is 4.71. The molecule has 5 aromatic rings. The van der Waals surface area contributed by atoms with Gasteiger partial charge < -0.3 is 15.0 Å². The maximum Gasteiger partial charge on any atom is 0.223 e. The van der Waals surface area contributed by atoms with Crippen molar-refractivity contribution in [3.8, 4) is 28.4 Å². The van der Waals surface area contributed by atoms with Gasteiger partial charge in [-0.2, -0.15) is 0 Å². The van der Waals surface area contributed by atoms with Gasteiger partial charge in [-0.25, -0.2) is 19.3 Å². The van der Waals surface area contributed by atoms with Crippen molar-refractivity contribution in [3.05, 3.63) is 95.6 Å². The highest BCUT2D eigenvalue weighted by atomic mass is 19.1. The molecule has 37 heavy (non-hydrogen) atoms. The van der Waals surface area contributed by atoms with Gasteiger partial charge in [0.05, 0.1) is 23.7 Å². The maximum atomic E-state index is 13.7. The zero-order chi connectivity index (χ0) is 25.4. The molecule has 0 saturated carbocycles. The molecule has 7 nitrogen and oxygen atoms in total. The van der Waals surface area contributed by atoms with E-state index >= 15 is 0 Å². The molecule has 4 heterocycles. The average Bonchev–Trinajstić information content (AvgIpc) is 3.52. The first-order chi connectivity index (χ1) is 18.0. The van der Waals surface area contributed by atoms with Crippen molar-refractivity contribution in [3.63, 3.8) is 0 Å². The number of hydrogen-bond acceptors (Lipinski definition) is 6. The fraction of sp³-hybridized carbons (Fsp3) is 0.207. The summed E-state index contributed by atoms with van der Waals surface area (Å²) >= 11 is 0. The highest BCUT2D eigenvalue weighted by Gasteiger charge is 2.19. The first-order valence-electron chi connectivity index (χ1n) is 12.3. The van der Waals surface area contributed by atoms with Crippen molar-refractivity contribution >= 4 is 11.6 Å². The van der Waals surface area contributed by atoms with Crippen LogP contribution >= 0.6 is 0 Å². The SMILES string of the molecule is CN(C)Cc1ccn2c(-c3ccnc(NCc4ccc5c(c4)CCO5)n3)c(-c3ccc(F)cc3)nc2c1. The van der Waals surface area contributed by atoms with Crippen LogP contribution in [0.1, 0.15) is 16.7 Å². The molecule has 186 valence electrons. The summed E-state index contributed by atoms with van der Waals surface area (Å²) in [6, 6.07) is 18.7. The number of imidazole rings is 1. The van der Waals surface area contributed by atoms with E-state index < -0.39 is 0 Å². The Kier molecular flexibility index (Phi) is 6.02. The molecule has 1 N–H and O–H groups in total. The Morgan fingerprint density at radius 2 is 1.86 bits per heavy atom. The number of nitrogens with one attached hydrogen (secondary N) is 1. The molecule has 0 spiro atoms. The van der Waals surface area contributed by atoms with E-state index in [2.05, 4.69) is 39.5 Å². The minimum atomic E-state index is -0.283. The number of ether oxygens (including phenoxy) is 1. The molecule has 3 aromatic heterocycles. The first kappa shape index (κ1) is 23.1. The molecular weight excluding hydrogens is 467 g/mol. The summed E-state index contributed by atoms with van der Waals surface area (Å²) in [5.41, 5.74) is 7.47. The number of halogens is 1. The average molecular weight is 495 g/mol. The second-order valence-corrected chi connectivity index (χ2v) is 9.48. The molecule has 0 fully saturated rings. The molecule has 1 aliphatic heterocycles. The van der Waals surface area contributed by atoms with Crippen LogP contribution in [0.15, 0.2) is 73.1 Å². The molecule has 8 heteroatoms. The molecule has 0 bridgehead atoms. The van der Waals surface area contributed by atoms with Crippen LogP contribution in [0.4, 0.5) is 10.3 Å². The van der Waals surface area contributed by atoms with E-state index in [0.717, 1.165) is 64.7 Å². The number of fused-ring (bicyclic) bond motifs is 2. The number of pyridine rings is 1. The lowest BCUT2D eigenvalue weighted by molar-refractivity contribution is 0.357. The quantitative estimate of drug-likeness (QED) is 0.335. The monoisotopic (exact) mass is 494 g/mol. The van der Waals surface area contributed by atoms with E-state index in [1.165, 1.54) is 17.7 Å². The smallest absolute Gasteiger partial charge is 0.223 e. The van der Waals surface area contributed by atoms with Gasteiger partial charge in [-0.3, -0.25) is 4.40 Å². The standard InChI is InChI=1S/C29H27FN6O/c1-35(2)18-20-10-13-36-26(16-20)34-27(21-4-6-23(30)7-5-21)28(36)24-9-12-31-29(33-24)32-17-19-3-8-25-22(15-19)11-14-37-25/h3-10,12-13,15-16H,11,14,17-18H2,1-2H3,(H,31,32,33). The molecule has 1 aliphatic rings. The van der Waals surface area contributed by atoms with Crippen LogP contribution in [0.5, 0.6) is 5.75 Å². The Bertz CT molecular complexity index is 1580. The first-order valence-corrected chi connectivity index (χ1v) is 12.3. The Morgan fingerprint density at radius 3 is 2.70 bits per heavy atom. The summed E-state index contributed by atoms with van der Waals surface area (Å²) in [5, 5.41) is 3.35. The molecule has 2 aromatic carbocycles. The highest BCUT2D eigenvalue weighted by Crippen LogP contribution is 2.33. The molecule has 0 radical (unpaired) electrons. The third-order valence-electron chi connectivity index (χ3n) is 6.41. The summed E-state index contributed by atoms with van der Waals surface area (Å²) < 4.78 is 21.3. The van der Waals surface area contributed by atoms with Gasteiger partial charge in [-0.1, -0.05) is 12.1 Å². The van der Waals surface area contributed by atoms with E-state index in [0.29, 0.717) is 12.5 Å². The summed E-state index contributed by atoms with van der Waals surface area (Å²) in [6.45, 7) is 2.15. The van der Waals surface area contributed by atoms with Gasteiger partial charge >= 0.3 is 0 Å². The number of rotatable bonds is 7. The second kappa shape index (κ2) is 9.63. The minimum Gasteiger partial charge on any atom is -0.493 e. The van der Waals surface area contributed by atoms with Gasteiger partial charge in [0.1, 0.15) is 17.2 Å². The number of aromatic nitrogens is 4. The third kappa shape index (κ3) is 4.75. The topological polar surface area (TPSA) is 67.6 Å². The largest absolute Gasteiger partial charge is 0.493 e. The van der Waals surface area contributed by atoms with Crippen molar-refractivity contribution in [1.29, 1.82) is 0 Å². The predicted octanol–water partition coefficient (Wildman–Crippen LogP) is 5.21. The number of anilines is 1. The van der Waals surface area contributed by atoms with Crippen LogP contribution in [0.2, 0.25) is 0 Å². The van der Waals surface area contributed by atoms with E-state index in [-0.39, 0.29) is 5.82 Å². The van der Waals surface area contributed by atoms with Gasteiger partial charge in [0.15, 0.2) is 0 Å². The Balaban J connectivity index is 1.37. The van der Waals surface area contributed by atoms with Gasteiger partial charge in [0.25, 0.3) is 0 Å². The van der Waals surface area contributed by atoms with Crippen molar-refractivity contribution < 1.29 is 9.13 Å². The Morgan fingerprint density at radius 1 is 1.00 bits per heavy atom. The normalized spacial score (nSPS) is 12.6. The fourth-order valence-corrected chi connectivity index (χ4v) is 4.71. The Hall–Kier alpha value is -4.30. The van der Waals surface area contributed by atoms with Crippen LogP contribution in [0.3, 0.4) is 0 Å². The molecule has 0 unspecified atom stereocenters. The molecular formula is C29H27FN6O. The lowest BCUT2D eigenvalue weighted by Crippen LogP contribution is -2.10. The van der Waals surface area contributed by atoms with Gasteiger partial charge in [-0.15, -0.1) is 0 Å². The van der Waals surface area contributed by atoms with Gasteiger partial charge in [0.2, 0.25) is 5.95 Å². The summed E-state index contributed by atoms with van der Waals surface area (Å²) in [7, 11) is 4.08. The summed E-state index contributed by atoms with van der Waals surface area (Å²) in [5.74, 6) is 1.21. The molecule has 0 aliphatic carbocycles. The summed E-state index contributed by atoms with van der Waals surface area (Å²) in [6.07, 6.45) is 4.70. The van der Waals surface area contributed by atoms with Gasteiger partial charge in [-0.05, 0) is 79.3 Å². The van der Waals surface area contributed by atoms with E-state index in [1.807, 2.05) is 36.8 Å². The number of hydrogen-bond donors (Lipinski definition) is 1. The lowest BCUT2D eigenvalue weighted by atomic mass is 10.1. The van der Waals surface area contributed by atoms with Crippen molar-refractivity contribution in [1.82, 2.24) is 24.3 Å². The zero-order valence-electron chi connectivity index (χ0n) is 20.8. The van der Waals surface area contributed by atoms with Crippen LogP contribution < -0.4 is 10.1 Å². The third-order valence-corrected chi connectivity index (χ3v) is 6.41. The van der Waals surface area contributed by atoms with Crippen LogP contribution in [0.25, 0.3) is 28.3 Å². The van der Waals surface area contributed by atoms with E-state index in [1.54, 1.807) is 18.3 Å². The maximum absolute atomic E-state index is 13.7. The van der Waals surface area contributed by atoms with Crippen molar-refractivity contribution in [2.45, 2.75) is 19.5 Å². The van der Waals surface area contributed by atoms with Gasteiger partial charge in [0, 0.05) is 37.5 Å².